The van der Waals surface area contributed by atoms with Crippen molar-refractivity contribution < 1.29 is 19.7 Å². The number of ether oxygens (including phenoxy) is 2. The minimum Gasteiger partial charge on any atom is -0.497 e. The van der Waals surface area contributed by atoms with Gasteiger partial charge in [0, 0.05) is 10.5 Å². The van der Waals surface area contributed by atoms with Crippen molar-refractivity contribution in [2.24, 2.45) is 0 Å². The van der Waals surface area contributed by atoms with Crippen molar-refractivity contribution in [3.8, 4) is 11.5 Å². The van der Waals surface area contributed by atoms with Crippen LogP contribution in [0.3, 0.4) is 0 Å². The molecule has 0 amide bonds. The Hall–Kier alpha value is -1.69. The molecule has 37 heavy (non-hydrogen) atoms. The third kappa shape index (κ3) is 9.53. The second-order valence-corrected chi connectivity index (χ2v) is 11.6. The van der Waals surface area contributed by atoms with E-state index in [-0.39, 0.29) is 11.9 Å². The molecule has 3 rings (SSSR count). The highest BCUT2D eigenvalue weighted by atomic mass is 32.2. The second kappa shape index (κ2) is 17.0. The van der Waals surface area contributed by atoms with E-state index in [1.165, 1.54) is 82.6 Å². The van der Waals surface area contributed by atoms with E-state index in [4.69, 9.17) is 9.47 Å². The zero-order valence-corrected chi connectivity index (χ0v) is 23.8. The van der Waals surface area contributed by atoms with Gasteiger partial charge >= 0.3 is 0 Å². The fraction of sp³-hybridized carbons (Fsp3) is 0.625. The monoisotopic (exact) mass is 528 g/mol. The van der Waals surface area contributed by atoms with Gasteiger partial charge in [0.1, 0.15) is 11.5 Å². The van der Waals surface area contributed by atoms with Crippen LogP contribution in [-0.4, -0.2) is 36.6 Å². The minimum atomic E-state index is -0.898. The SMILES string of the molecule is CCCCCCCCCCCOc1c(C2CCCC2)cccc1C(Sc1cccc(OC)c1)C(O)CO. The molecular formula is C32H48O4S. The number of rotatable bonds is 18. The standard InChI is InChI=1S/C32H48O4S/c1-3-4-5-6-7-8-9-10-13-22-36-31-28(25-16-11-12-17-25)20-15-21-29(31)32(30(34)24-33)37-27-19-14-18-26(23-27)35-2/h14-15,18-21,23,25,30,32-34H,3-13,16-17,22,24H2,1-2H3. The molecule has 0 spiro atoms. The van der Waals surface area contributed by atoms with Crippen molar-refractivity contribution >= 4 is 11.8 Å². The molecule has 0 saturated heterocycles. The smallest absolute Gasteiger partial charge is 0.127 e. The third-order valence-electron chi connectivity index (χ3n) is 7.51. The maximum absolute atomic E-state index is 10.9. The number of thioether (sulfide) groups is 1. The number of unbranched alkanes of at least 4 members (excludes halogenated alkanes) is 8. The lowest BCUT2D eigenvalue weighted by molar-refractivity contribution is 0.0923. The zero-order valence-electron chi connectivity index (χ0n) is 23.0. The normalized spacial score (nSPS) is 15.6. The molecule has 0 heterocycles. The van der Waals surface area contributed by atoms with Gasteiger partial charge < -0.3 is 19.7 Å². The van der Waals surface area contributed by atoms with E-state index in [1.54, 1.807) is 18.9 Å². The van der Waals surface area contributed by atoms with Crippen LogP contribution in [0.25, 0.3) is 0 Å². The highest BCUT2D eigenvalue weighted by molar-refractivity contribution is 7.99. The van der Waals surface area contributed by atoms with E-state index < -0.39 is 6.10 Å². The molecule has 5 heteroatoms. The quantitative estimate of drug-likeness (QED) is 0.150. The molecule has 4 nitrogen and oxygen atoms in total. The average molecular weight is 529 g/mol. The van der Waals surface area contributed by atoms with Crippen molar-refractivity contribution in [3.63, 3.8) is 0 Å². The summed E-state index contributed by atoms with van der Waals surface area (Å²) in [7, 11) is 1.66. The summed E-state index contributed by atoms with van der Waals surface area (Å²) in [5.41, 5.74) is 2.25. The van der Waals surface area contributed by atoms with Gasteiger partial charge in [-0.2, -0.15) is 0 Å². The van der Waals surface area contributed by atoms with Crippen molar-refractivity contribution in [2.45, 2.75) is 113 Å². The summed E-state index contributed by atoms with van der Waals surface area (Å²) in [5, 5.41) is 20.5. The van der Waals surface area contributed by atoms with Crippen molar-refractivity contribution in [3.05, 3.63) is 53.6 Å². The van der Waals surface area contributed by atoms with Gasteiger partial charge in [-0.15, -0.1) is 11.8 Å². The predicted octanol–water partition coefficient (Wildman–Crippen LogP) is 8.45. The van der Waals surface area contributed by atoms with Crippen LogP contribution >= 0.6 is 11.8 Å². The maximum atomic E-state index is 10.9. The van der Waals surface area contributed by atoms with Crippen LogP contribution in [0.5, 0.6) is 11.5 Å². The van der Waals surface area contributed by atoms with Gasteiger partial charge in [0.2, 0.25) is 0 Å². The van der Waals surface area contributed by atoms with Gasteiger partial charge in [-0.3, -0.25) is 0 Å². The largest absolute Gasteiger partial charge is 0.497 e. The molecule has 0 aromatic heterocycles. The second-order valence-electron chi connectivity index (χ2n) is 10.4. The Morgan fingerprint density at radius 2 is 1.59 bits per heavy atom. The summed E-state index contributed by atoms with van der Waals surface area (Å²) in [6, 6.07) is 14.3. The summed E-state index contributed by atoms with van der Waals surface area (Å²) in [6.45, 7) is 2.66. The first-order valence-electron chi connectivity index (χ1n) is 14.5. The first kappa shape index (κ1) is 29.9. The van der Waals surface area contributed by atoms with Crippen LogP contribution < -0.4 is 9.47 Å². The number of aliphatic hydroxyl groups excluding tert-OH is 2. The minimum absolute atomic E-state index is 0.299. The lowest BCUT2D eigenvalue weighted by Gasteiger charge is -2.27. The van der Waals surface area contributed by atoms with Crippen LogP contribution in [-0.2, 0) is 0 Å². The van der Waals surface area contributed by atoms with E-state index in [0.717, 1.165) is 28.4 Å². The van der Waals surface area contributed by atoms with Gasteiger partial charge in [-0.1, -0.05) is 95.4 Å². The number of para-hydroxylation sites is 1. The predicted molar refractivity (Wildman–Crippen MR) is 155 cm³/mol. The molecular weight excluding hydrogens is 480 g/mol. The first-order valence-corrected chi connectivity index (χ1v) is 15.4. The third-order valence-corrected chi connectivity index (χ3v) is 8.86. The molecule has 2 atom stereocenters. The molecule has 2 aromatic rings. The van der Waals surface area contributed by atoms with E-state index >= 15 is 0 Å². The molecule has 1 saturated carbocycles. The number of hydrogen-bond donors (Lipinski definition) is 2. The van der Waals surface area contributed by atoms with E-state index in [0.29, 0.717) is 12.5 Å². The lowest BCUT2D eigenvalue weighted by Crippen LogP contribution is -2.21. The number of methoxy groups -OCH3 is 1. The average Bonchev–Trinajstić information content (AvgIpc) is 3.47. The highest BCUT2D eigenvalue weighted by Crippen LogP contribution is 2.47. The molecule has 0 aliphatic heterocycles. The van der Waals surface area contributed by atoms with Gasteiger partial charge in [0.05, 0.1) is 31.7 Å². The topological polar surface area (TPSA) is 58.9 Å². The Morgan fingerprint density at radius 1 is 0.919 bits per heavy atom. The number of aliphatic hydroxyl groups is 2. The molecule has 1 aliphatic carbocycles. The number of benzene rings is 2. The van der Waals surface area contributed by atoms with Crippen LogP contribution in [0.2, 0.25) is 0 Å². The molecule has 0 radical (unpaired) electrons. The fourth-order valence-corrected chi connectivity index (χ4v) is 6.57. The van der Waals surface area contributed by atoms with E-state index in [1.807, 2.05) is 24.3 Å². The Morgan fingerprint density at radius 3 is 2.27 bits per heavy atom. The summed E-state index contributed by atoms with van der Waals surface area (Å²) in [5.74, 6) is 2.22. The maximum Gasteiger partial charge on any atom is 0.127 e. The van der Waals surface area contributed by atoms with Gasteiger partial charge in [0.25, 0.3) is 0 Å². The zero-order chi connectivity index (χ0) is 26.3. The summed E-state index contributed by atoms with van der Waals surface area (Å²) >= 11 is 1.56. The summed E-state index contributed by atoms with van der Waals surface area (Å²) in [6.07, 6.45) is 15.6. The Balaban J connectivity index is 1.72. The molecule has 0 bridgehead atoms. The van der Waals surface area contributed by atoms with Crippen LogP contribution in [0.15, 0.2) is 47.4 Å². The van der Waals surface area contributed by atoms with Crippen LogP contribution in [0.1, 0.15) is 113 Å². The molecule has 2 aromatic carbocycles. The summed E-state index contributed by atoms with van der Waals surface area (Å²) in [4.78, 5) is 0.994. The lowest BCUT2D eigenvalue weighted by atomic mass is 9.92. The first-order chi connectivity index (χ1) is 18.2. The molecule has 2 N–H and O–H groups in total. The molecule has 1 fully saturated rings. The Bertz CT molecular complexity index is 896. The van der Waals surface area contributed by atoms with E-state index in [2.05, 4.69) is 25.1 Å². The van der Waals surface area contributed by atoms with Gasteiger partial charge in [-0.05, 0) is 48.9 Å². The van der Waals surface area contributed by atoms with Crippen molar-refractivity contribution in [1.29, 1.82) is 0 Å². The van der Waals surface area contributed by atoms with Gasteiger partial charge in [-0.25, -0.2) is 0 Å². The molecule has 2 unspecified atom stereocenters. The highest BCUT2D eigenvalue weighted by Gasteiger charge is 2.29. The Labute approximate surface area is 229 Å². The van der Waals surface area contributed by atoms with Crippen molar-refractivity contribution in [2.75, 3.05) is 20.3 Å². The molecule has 206 valence electrons. The Kier molecular flexibility index (Phi) is 13.7. The fourth-order valence-electron chi connectivity index (χ4n) is 5.38. The van der Waals surface area contributed by atoms with Crippen LogP contribution in [0.4, 0.5) is 0 Å². The number of hydrogen-bond acceptors (Lipinski definition) is 5. The van der Waals surface area contributed by atoms with E-state index in [9.17, 15) is 10.2 Å². The molecule has 1 aliphatic rings. The van der Waals surface area contributed by atoms with Crippen molar-refractivity contribution in [1.82, 2.24) is 0 Å². The van der Waals surface area contributed by atoms with Crippen LogP contribution in [0, 0.1) is 0 Å². The van der Waals surface area contributed by atoms with Gasteiger partial charge in [0.15, 0.2) is 0 Å². The summed E-state index contributed by atoms with van der Waals surface area (Å²) < 4.78 is 12.0.